The molecule has 0 atom stereocenters. The summed E-state index contributed by atoms with van der Waals surface area (Å²) in [6.45, 7) is 0.460. The van der Waals surface area contributed by atoms with Crippen molar-refractivity contribution in [1.29, 1.82) is 0 Å². The summed E-state index contributed by atoms with van der Waals surface area (Å²) in [5.41, 5.74) is 7.94. The van der Waals surface area contributed by atoms with Crippen LogP contribution in [0.25, 0.3) is 10.9 Å². The zero-order chi connectivity index (χ0) is 15.5. The highest BCUT2D eigenvalue weighted by molar-refractivity contribution is 6.01. The zero-order valence-electron chi connectivity index (χ0n) is 11.8. The van der Waals surface area contributed by atoms with E-state index in [1.54, 1.807) is 24.3 Å². The molecule has 1 aromatic heterocycles. The molecule has 2 aromatic carbocycles. The number of nitrogens with two attached hydrogens (primary N) is 1. The summed E-state index contributed by atoms with van der Waals surface area (Å²) < 4.78 is 0. The molecular weight excluding hydrogens is 278 g/mol. The minimum atomic E-state index is -0.488. The second-order valence-electron chi connectivity index (χ2n) is 5.02. The Morgan fingerprint density at radius 3 is 2.55 bits per heavy atom. The Kier molecular flexibility index (Phi) is 3.62. The summed E-state index contributed by atoms with van der Waals surface area (Å²) in [7, 11) is 0. The van der Waals surface area contributed by atoms with Gasteiger partial charge < -0.3 is 16.0 Å². The van der Waals surface area contributed by atoms with Gasteiger partial charge in [0.1, 0.15) is 5.69 Å². The maximum absolute atomic E-state index is 12.2. The molecule has 5 nitrogen and oxygen atoms in total. The fourth-order valence-corrected chi connectivity index (χ4v) is 2.28. The van der Waals surface area contributed by atoms with Gasteiger partial charge in [-0.15, -0.1) is 0 Å². The van der Waals surface area contributed by atoms with E-state index in [4.69, 9.17) is 5.73 Å². The van der Waals surface area contributed by atoms with Gasteiger partial charge in [0.15, 0.2) is 0 Å². The highest BCUT2D eigenvalue weighted by Crippen LogP contribution is 2.17. The molecule has 0 aliphatic rings. The predicted molar refractivity (Wildman–Crippen MR) is 84.4 cm³/mol. The lowest BCUT2D eigenvalue weighted by atomic mass is 10.1. The molecule has 0 saturated heterocycles. The summed E-state index contributed by atoms with van der Waals surface area (Å²) >= 11 is 0. The van der Waals surface area contributed by atoms with Crippen LogP contribution >= 0.6 is 0 Å². The average Bonchev–Trinajstić information content (AvgIpc) is 2.96. The largest absolute Gasteiger partial charge is 0.366 e. The highest BCUT2D eigenvalue weighted by atomic mass is 16.2. The van der Waals surface area contributed by atoms with Gasteiger partial charge in [-0.05, 0) is 29.8 Å². The second-order valence-corrected chi connectivity index (χ2v) is 5.02. The first-order valence-electron chi connectivity index (χ1n) is 6.88. The number of benzene rings is 2. The Morgan fingerprint density at radius 2 is 1.82 bits per heavy atom. The summed E-state index contributed by atoms with van der Waals surface area (Å²) in [5, 5.41) is 3.63. The molecule has 5 heteroatoms. The van der Waals surface area contributed by atoms with Gasteiger partial charge in [-0.1, -0.05) is 30.3 Å². The third-order valence-corrected chi connectivity index (χ3v) is 3.45. The van der Waals surface area contributed by atoms with Crippen molar-refractivity contribution in [1.82, 2.24) is 10.3 Å². The molecular formula is C17H15N3O2. The lowest BCUT2D eigenvalue weighted by molar-refractivity contribution is 0.0945. The fourth-order valence-electron chi connectivity index (χ4n) is 2.28. The van der Waals surface area contributed by atoms with E-state index in [0.29, 0.717) is 17.8 Å². The van der Waals surface area contributed by atoms with Crippen LogP contribution in [0.5, 0.6) is 0 Å². The number of rotatable bonds is 4. The van der Waals surface area contributed by atoms with Crippen molar-refractivity contribution in [3.05, 3.63) is 71.4 Å². The van der Waals surface area contributed by atoms with Crippen LogP contribution < -0.4 is 11.1 Å². The first-order valence-corrected chi connectivity index (χ1v) is 6.88. The third-order valence-electron chi connectivity index (χ3n) is 3.45. The van der Waals surface area contributed by atoms with Crippen LogP contribution in [0, 0.1) is 0 Å². The molecule has 0 aliphatic heterocycles. The quantitative estimate of drug-likeness (QED) is 0.688. The minimum absolute atomic E-state index is 0.194. The Hall–Kier alpha value is -3.08. The van der Waals surface area contributed by atoms with E-state index < -0.39 is 5.91 Å². The molecule has 0 unspecified atom stereocenters. The first kappa shape index (κ1) is 13.9. The van der Waals surface area contributed by atoms with E-state index in [9.17, 15) is 9.59 Å². The molecule has 3 aromatic rings. The van der Waals surface area contributed by atoms with Crippen LogP contribution in [0.4, 0.5) is 0 Å². The van der Waals surface area contributed by atoms with Gasteiger partial charge in [0.25, 0.3) is 5.91 Å². The smallest absolute Gasteiger partial charge is 0.267 e. The maximum Gasteiger partial charge on any atom is 0.267 e. The van der Waals surface area contributed by atoms with Gasteiger partial charge in [0, 0.05) is 23.0 Å². The van der Waals surface area contributed by atoms with E-state index in [0.717, 1.165) is 16.5 Å². The number of carbonyl (C=O) groups excluding carboxylic acids is 2. The van der Waals surface area contributed by atoms with Crippen LogP contribution in [0.1, 0.15) is 26.4 Å². The van der Waals surface area contributed by atoms with Crippen molar-refractivity contribution >= 4 is 22.7 Å². The summed E-state index contributed by atoms with van der Waals surface area (Å²) in [4.78, 5) is 26.4. The maximum atomic E-state index is 12.2. The lowest BCUT2D eigenvalue weighted by Crippen LogP contribution is -2.22. The number of aromatic amines is 1. The Balaban J connectivity index is 1.78. The van der Waals surface area contributed by atoms with Crippen molar-refractivity contribution in [2.24, 2.45) is 5.73 Å². The second kappa shape index (κ2) is 5.73. The molecule has 0 saturated carbocycles. The monoisotopic (exact) mass is 293 g/mol. The highest BCUT2D eigenvalue weighted by Gasteiger charge is 2.10. The molecule has 3 rings (SSSR count). The topological polar surface area (TPSA) is 88.0 Å². The summed E-state index contributed by atoms with van der Waals surface area (Å²) in [5.74, 6) is -0.682. The first-order chi connectivity index (χ1) is 10.6. The molecule has 0 spiro atoms. The van der Waals surface area contributed by atoms with Crippen LogP contribution in [-0.4, -0.2) is 16.8 Å². The molecule has 0 aliphatic carbocycles. The van der Waals surface area contributed by atoms with Crippen molar-refractivity contribution in [2.45, 2.75) is 6.54 Å². The molecule has 0 radical (unpaired) electrons. The normalized spacial score (nSPS) is 10.5. The average molecular weight is 293 g/mol. The fraction of sp³-hybridized carbons (Fsp3) is 0.0588. The molecule has 2 amide bonds. The number of primary amides is 1. The predicted octanol–water partition coefficient (Wildman–Crippen LogP) is 2.20. The number of hydrogen-bond acceptors (Lipinski definition) is 2. The lowest BCUT2D eigenvalue weighted by Gasteiger charge is -2.03. The number of amides is 2. The van der Waals surface area contributed by atoms with Gasteiger partial charge in [0.05, 0.1) is 0 Å². The van der Waals surface area contributed by atoms with Crippen LogP contribution in [-0.2, 0) is 6.54 Å². The van der Waals surface area contributed by atoms with Crippen molar-refractivity contribution in [3.63, 3.8) is 0 Å². The van der Waals surface area contributed by atoms with E-state index in [1.807, 2.05) is 30.3 Å². The number of fused-ring (bicyclic) bond motifs is 1. The third kappa shape index (κ3) is 2.83. The SMILES string of the molecule is NC(=O)c1ccc2[nH]c(C(=O)NCc3ccccc3)cc2c1. The van der Waals surface area contributed by atoms with Crippen molar-refractivity contribution < 1.29 is 9.59 Å². The molecule has 1 heterocycles. The molecule has 0 fully saturated rings. The number of carbonyl (C=O) groups is 2. The number of H-pyrrole nitrogens is 1. The summed E-state index contributed by atoms with van der Waals surface area (Å²) in [6, 6.07) is 16.4. The van der Waals surface area contributed by atoms with Gasteiger partial charge in [-0.2, -0.15) is 0 Å². The standard InChI is InChI=1S/C17H15N3O2/c18-16(21)12-6-7-14-13(8-12)9-15(20-14)17(22)19-10-11-4-2-1-3-5-11/h1-9,20H,10H2,(H2,18,21)(H,19,22). The minimum Gasteiger partial charge on any atom is -0.366 e. The molecule has 0 bridgehead atoms. The van der Waals surface area contributed by atoms with Gasteiger partial charge in [-0.25, -0.2) is 0 Å². The van der Waals surface area contributed by atoms with Crippen molar-refractivity contribution in [3.8, 4) is 0 Å². The zero-order valence-corrected chi connectivity index (χ0v) is 11.8. The molecule has 110 valence electrons. The van der Waals surface area contributed by atoms with E-state index in [-0.39, 0.29) is 5.91 Å². The number of aromatic nitrogens is 1. The van der Waals surface area contributed by atoms with E-state index >= 15 is 0 Å². The Morgan fingerprint density at radius 1 is 1.05 bits per heavy atom. The van der Waals surface area contributed by atoms with Crippen LogP contribution in [0.2, 0.25) is 0 Å². The summed E-state index contributed by atoms with van der Waals surface area (Å²) in [6.07, 6.45) is 0. The Bertz CT molecular complexity index is 837. The number of nitrogens with one attached hydrogen (secondary N) is 2. The van der Waals surface area contributed by atoms with Gasteiger partial charge in [0.2, 0.25) is 5.91 Å². The molecule has 4 N–H and O–H groups in total. The van der Waals surface area contributed by atoms with Gasteiger partial charge >= 0.3 is 0 Å². The van der Waals surface area contributed by atoms with E-state index in [1.165, 1.54) is 0 Å². The number of hydrogen-bond donors (Lipinski definition) is 3. The Labute approximate surface area is 127 Å². The van der Waals surface area contributed by atoms with Crippen LogP contribution in [0.15, 0.2) is 54.6 Å². The molecule has 22 heavy (non-hydrogen) atoms. The van der Waals surface area contributed by atoms with Crippen molar-refractivity contribution in [2.75, 3.05) is 0 Å². The van der Waals surface area contributed by atoms with Crippen LogP contribution in [0.3, 0.4) is 0 Å². The van der Waals surface area contributed by atoms with Gasteiger partial charge in [-0.3, -0.25) is 9.59 Å². The van der Waals surface area contributed by atoms with E-state index in [2.05, 4.69) is 10.3 Å².